The van der Waals surface area contributed by atoms with E-state index in [1.807, 2.05) is 37.3 Å². The zero-order valence-corrected chi connectivity index (χ0v) is 16.8. The van der Waals surface area contributed by atoms with Crippen molar-refractivity contribution in [2.24, 2.45) is 5.10 Å². The van der Waals surface area contributed by atoms with Gasteiger partial charge in [0.1, 0.15) is 5.75 Å². The highest BCUT2D eigenvalue weighted by molar-refractivity contribution is 6.32. The average Bonchev–Trinajstić information content (AvgIpc) is 2.72. The van der Waals surface area contributed by atoms with Gasteiger partial charge in [0, 0.05) is 22.8 Å². The van der Waals surface area contributed by atoms with E-state index in [-0.39, 0.29) is 27.8 Å². The van der Waals surface area contributed by atoms with Crippen molar-refractivity contribution in [3.63, 3.8) is 0 Å². The molecule has 0 aliphatic carbocycles. The lowest BCUT2D eigenvalue weighted by Crippen LogP contribution is -2.17. The van der Waals surface area contributed by atoms with Crippen molar-refractivity contribution >= 4 is 35.9 Å². The van der Waals surface area contributed by atoms with Gasteiger partial charge in [0.25, 0.3) is 11.7 Å². The number of phenols is 2. The van der Waals surface area contributed by atoms with Crippen molar-refractivity contribution in [2.45, 2.75) is 6.92 Å². The van der Waals surface area contributed by atoms with Gasteiger partial charge in [-0.1, -0.05) is 53.6 Å². The quantitative estimate of drug-likeness (QED) is 0.244. The molecule has 0 aliphatic heterocycles. The first-order valence-electron chi connectivity index (χ1n) is 8.99. The Bertz CT molecular complexity index is 1140. The highest BCUT2D eigenvalue weighted by Crippen LogP contribution is 2.31. The van der Waals surface area contributed by atoms with Gasteiger partial charge in [0.2, 0.25) is 5.75 Å². The smallest absolute Gasteiger partial charge is 0.297 e. The van der Waals surface area contributed by atoms with Crippen LogP contribution in [0.1, 0.15) is 32.6 Å². The van der Waals surface area contributed by atoms with Crippen LogP contribution in [-0.4, -0.2) is 27.4 Å². The van der Waals surface area contributed by atoms with Crippen molar-refractivity contribution in [3.05, 3.63) is 87.4 Å². The minimum absolute atomic E-state index is 0.0563. The van der Waals surface area contributed by atoms with Crippen molar-refractivity contribution < 1.29 is 20.1 Å². The monoisotopic (exact) mass is 423 g/mol. The number of amides is 1. The number of aryl methyl sites for hydroxylation is 1. The van der Waals surface area contributed by atoms with E-state index in [1.54, 1.807) is 12.1 Å². The molecule has 3 aromatic carbocycles. The van der Waals surface area contributed by atoms with E-state index < -0.39 is 5.91 Å². The lowest BCUT2D eigenvalue weighted by Gasteiger charge is -2.03. The van der Waals surface area contributed by atoms with Crippen molar-refractivity contribution in [3.8, 4) is 17.2 Å². The Hall–Kier alpha value is -3.77. The maximum absolute atomic E-state index is 12.1. The predicted octanol–water partition coefficient (Wildman–Crippen LogP) is 4.43. The maximum atomic E-state index is 12.1. The Morgan fingerprint density at radius 1 is 1.03 bits per heavy atom. The van der Waals surface area contributed by atoms with E-state index in [1.165, 1.54) is 30.5 Å². The SMILES string of the molecule is Cc1ccc(/C=C/c2cc(/C=N/NC(=O)c3ccc(O)c(Cl)c3)cc([OH2+])c2O)cc1. The number of benzene rings is 3. The largest absolute Gasteiger partial charge is 0.591 e. The molecule has 1 amide bonds. The zero-order chi connectivity index (χ0) is 21.7. The Labute approximate surface area is 178 Å². The van der Waals surface area contributed by atoms with E-state index in [0.717, 1.165) is 11.1 Å². The van der Waals surface area contributed by atoms with Gasteiger partial charge in [-0.2, -0.15) is 5.10 Å². The van der Waals surface area contributed by atoms with Crippen molar-refractivity contribution in [1.29, 1.82) is 0 Å². The number of aromatic hydroxyl groups is 2. The predicted molar refractivity (Wildman–Crippen MR) is 119 cm³/mol. The summed E-state index contributed by atoms with van der Waals surface area (Å²) < 4.78 is 0. The topological polar surface area (TPSA) is 105 Å². The van der Waals surface area contributed by atoms with Crippen LogP contribution in [0.5, 0.6) is 17.2 Å². The first-order chi connectivity index (χ1) is 14.3. The van der Waals surface area contributed by atoms with Crippen LogP contribution in [0.3, 0.4) is 0 Å². The second-order valence-electron chi connectivity index (χ2n) is 6.62. The number of hydrogen-bond donors (Lipinski definition) is 3. The van der Waals surface area contributed by atoms with E-state index in [4.69, 9.17) is 16.7 Å². The van der Waals surface area contributed by atoms with Crippen LogP contribution >= 0.6 is 11.6 Å². The molecule has 0 saturated carbocycles. The van der Waals surface area contributed by atoms with Crippen LogP contribution in [0.15, 0.2) is 59.7 Å². The minimum Gasteiger partial charge on any atom is -0.591 e. The molecule has 0 aromatic heterocycles. The molecular weight excluding hydrogens is 404 g/mol. The van der Waals surface area contributed by atoms with Gasteiger partial charge in [-0.05, 0) is 36.8 Å². The van der Waals surface area contributed by atoms with Crippen LogP contribution in [0.25, 0.3) is 12.2 Å². The summed E-state index contributed by atoms with van der Waals surface area (Å²) in [6, 6.07) is 15.1. The van der Waals surface area contributed by atoms with Crippen LogP contribution in [0.4, 0.5) is 0 Å². The van der Waals surface area contributed by atoms with Crippen LogP contribution in [-0.2, 0) is 0 Å². The highest BCUT2D eigenvalue weighted by atomic mass is 35.5. The average molecular weight is 424 g/mol. The molecule has 6 nitrogen and oxygen atoms in total. The fourth-order valence-corrected chi connectivity index (χ4v) is 2.80. The van der Waals surface area contributed by atoms with Gasteiger partial charge < -0.3 is 15.3 Å². The lowest BCUT2D eigenvalue weighted by atomic mass is 10.1. The standard InChI is InChI=1S/C23H19ClN2O4/c1-14-2-4-15(5-3-14)6-7-17-10-16(11-21(28)22(17)29)13-25-26-23(30)18-8-9-20(27)19(24)12-18/h2-13,27-29H,1H3,(H,26,30)/p+1/b7-6+,25-13+. The summed E-state index contributed by atoms with van der Waals surface area (Å²) in [5.74, 6) is -0.815. The molecule has 3 rings (SSSR count). The Morgan fingerprint density at radius 2 is 1.77 bits per heavy atom. The van der Waals surface area contributed by atoms with Gasteiger partial charge in [-0.25, -0.2) is 5.43 Å². The Morgan fingerprint density at radius 3 is 2.47 bits per heavy atom. The summed E-state index contributed by atoms with van der Waals surface area (Å²) in [7, 11) is 0. The van der Waals surface area contributed by atoms with E-state index in [9.17, 15) is 15.0 Å². The third-order valence-corrected chi connectivity index (χ3v) is 4.59. The summed E-state index contributed by atoms with van der Waals surface area (Å²) in [6.07, 6.45) is 4.93. The Kier molecular flexibility index (Phi) is 6.39. The van der Waals surface area contributed by atoms with E-state index in [0.29, 0.717) is 11.1 Å². The molecule has 0 heterocycles. The van der Waals surface area contributed by atoms with Gasteiger partial charge >= 0.3 is 0 Å². The van der Waals surface area contributed by atoms with Gasteiger partial charge in [-0.15, -0.1) is 0 Å². The maximum Gasteiger partial charge on any atom is 0.297 e. The van der Waals surface area contributed by atoms with Crippen molar-refractivity contribution in [2.75, 3.05) is 0 Å². The molecule has 0 atom stereocenters. The molecule has 0 aliphatic rings. The molecule has 152 valence electrons. The zero-order valence-electron chi connectivity index (χ0n) is 16.1. The third-order valence-electron chi connectivity index (χ3n) is 4.28. The number of nitrogens with one attached hydrogen (secondary N) is 1. The van der Waals surface area contributed by atoms with Crippen LogP contribution < -0.4 is 5.43 Å². The molecule has 0 unspecified atom stereocenters. The fourth-order valence-electron chi connectivity index (χ4n) is 2.62. The number of halogens is 1. The van der Waals surface area contributed by atoms with Gasteiger partial charge in [0.15, 0.2) is 0 Å². The lowest BCUT2D eigenvalue weighted by molar-refractivity contribution is 0.0955. The molecule has 3 aromatic rings. The van der Waals surface area contributed by atoms with Crippen molar-refractivity contribution in [1.82, 2.24) is 5.43 Å². The molecule has 0 radical (unpaired) electrons. The molecule has 0 saturated heterocycles. The van der Waals surface area contributed by atoms with Gasteiger partial charge in [-0.3, -0.25) is 4.79 Å². The van der Waals surface area contributed by atoms with E-state index in [2.05, 4.69) is 10.5 Å². The fraction of sp³-hybridized carbons (Fsp3) is 0.0435. The number of nitrogens with zero attached hydrogens (tertiary/aromatic N) is 1. The summed E-state index contributed by atoms with van der Waals surface area (Å²) in [6.45, 7) is 2.00. The normalized spacial score (nSPS) is 11.3. The first kappa shape index (κ1) is 21.0. The second-order valence-corrected chi connectivity index (χ2v) is 7.02. The first-order valence-corrected chi connectivity index (χ1v) is 9.36. The molecule has 0 bridgehead atoms. The minimum atomic E-state index is -0.502. The molecule has 5 N–H and O–H groups in total. The number of phenolic OH excluding ortho intramolecular Hbond substituents is 2. The summed E-state index contributed by atoms with van der Waals surface area (Å²) in [5, 5.41) is 31.5. The summed E-state index contributed by atoms with van der Waals surface area (Å²) >= 11 is 5.80. The molecule has 30 heavy (non-hydrogen) atoms. The molecule has 0 spiro atoms. The number of hydrazone groups is 1. The number of rotatable bonds is 5. The second kappa shape index (κ2) is 9.15. The van der Waals surface area contributed by atoms with Crippen LogP contribution in [0, 0.1) is 6.92 Å². The number of carbonyl (C=O) groups excluding carboxylic acids is 1. The summed E-state index contributed by atoms with van der Waals surface area (Å²) in [5.41, 5.74) is 5.71. The van der Waals surface area contributed by atoms with Crippen LogP contribution in [0.2, 0.25) is 5.02 Å². The number of hydrogen-bond acceptors (Lipinski definition) is 4. The highest BCUT2D eigenvalue weighted by Gasteiger charge is 2.11. The third kappa shape index (κ3) is 5.18. The molecular formula is C23H20ClN2O4+. The number of carbonyl (C=O) groups is 1. The summed E-state index contributed by atoms with van der Waals surface area (Å²) in [4.78, 5) is 12.1. The molecule has 0 fully saturated rings. The molecule has 7 heteroatoms. The Balaban J connectivity index is 1.75. The van der Waals surface area contributed by atoms with Gasteiger partial charge in [0.05, 0.1) is 11.2 Å². The van der Waals surface area contributed by atoms with E-state index >= 15 is 0 Å².